The molecule has 1 aromatic rings. The monoisotopic (exact) mass is 388 g/mol. The van der Waals surface area contributed by atoms with Gasteiger partial charge in [-0.2, -0.15) is 13.2 Å². The summed E-state index contributed by atoms with van der Waals surface area (Å²) in [5.74, 6) is -0.569. The van der Waals surface area contributed by atoms with Gasteiger partial charge in [-0.25, -0.2) is 0 Å². The third-order valence-corrected chi connectivity index (χ3v) is 4.79. The van der Waals surface area contributed by atoms with E-state index in [1.54, 1.807) is 13.8 Å². The normalized spacial score (nSPS) is 17.4. The van der Waals surface area contributed by atoms with Crippen molar-refractivity contribution in [2.45, 2.75) is 31.5 Å². The van der Waals surface area contributed by atoms with Crippen LogP contribution in [0.15, 0.2) is 24.3 Å². The van der Waals surface area contributed by atoms with Gasteiger partial charge < -0.3 is 10.6 Å². The molecule has 7 nitrogen and oxygen atoms in total. The van der Waals surface area contributed by atoms with Crippen LogP contribution in [-0.2, 0) is 10.2 Å². The number of carbonyl (C=O) groups is 1. The standard InChI is InChI=1S/C17H23F3N4O3/c1-16(2,12-3-5-13(6-4-12)24(26)27)15(25)22-11-14(17(18,19)20)23-9-7-21-8-10-23/h3-6,14,21H,7-11H2,1-2H3,(H,22,25). The fourth-order valence-electron chi connectivity index (χ4n) is 2.99. The predicted molar refractivity (Wildman–Crippen MR) is 93.4 cm³/mol. The Morgan fingerprint density at radius 3 is 2.30 bits per heavy atom. The molecule has 0 radical (unpaired) electrons. The zero-order chi connectivity index (χ0) is 20.2. The summed E-state index contributed by atoms with van der Waals surface area (Å²) in [7, 11) is 0. The zero-order valence-corrected chi connectivity index (χ0v) is 15.2. The smallest absolute Gasteiger partial charge is 0.353 e. The lowest BCUT2D eigenvalue weighted by Gasteiger charge is -2.36. The van der Waals surface area contributed by atoms with E-state index in [0.29, 0.717) is 18.7 Å². The summed E-state index contributed by atoms with van der Waals surface area (Å²) in [6.07, 6.45) is -4.46. The number of nitro groups is 1. The Bertz CT molecular complexity index is 671. The first-order valence-corrected chi connectivity index (χ1v) is 8.58. The van der Waals surface area contributed by atoms with E-state index >= 15 is 0 Å². The number of amides is 1. The van der Waals surface area contributed by atoms with Crippen LogP contribution in [0.25, 0.3) is 0 Å². The third kappa shape index (κ3) is 5.16. The van der Waals surface area contributed by atoms with Crippen LogP contribution in [0.5, 0.6) is 0 Å². The minimum absolute atomic E-state index is 0.120. The number of carbonyl (C=O) groups excluding carboxylic acids is 1. The molecule has 1 heterocycles. The topological polar surface area (TPSA) is 87.5 Å². The van der Waals surface area contributed by atoms with Crippen LogP contribution in [0, 0.1) is 10.1 Å². The molecule has 2 N–H and O–H groups in total. The Labute approximate surface area is 155 Å². The Kier molecular flexibility index (Phi) is 6.42. The molecule has 1 fully saturated rings. The quantitative estimate of drug-likeness (QED) is 0.574. The number of nitro benzene ring substituents is 1. The molecule has 1 aliphatic heterocycles. The molecule has 2 rings (SSSR count). The van der Waals surface area contributed by atoms with Crippen molar-refractivity contribution in [1.82, 2.24) is 15.5 Å². The molecule has 0 bridgehead atoms. The lowest BCUT2D eigenvalue weighted by atomic mass is 9.83. The lowest BCUT2D eigenvalue weighted by molar-refractivity contribution is -0.384. The van der Waals surface area contributed by atoms with Crippen LogP contribution < -0.4 is 10.6 Å². The highest BCUT2D eigenvalue weighted by molar-refractivity contribution is 5.87. The number of piperazine rings is 1. The summed E-state index contributed by atoms with van der Waals surface area (Å²) in [4.78, 5) is 24.0. The Hall–Kier alpha value is -2.20. The van der Waals surface area contributed by atoms with Crippen molar-refractivity contribution >= 4 is 11.6 Å². The summed E-state index contributed by atoms with van der Waals surface area (Å²) < 4.78 is 40.3. The van der Waals surface area contributed by atoms with Gasteiger partial charge in [0.2, 0.25) is 5.91 Å². The minimum atomic E-state index is -4.46. The first kappa shape index (κ1) is 21.1. The highest BCUT2D eigenvalue weighted by Crippen LogP contribution is 2.27. The van der Waals surface area contributed by atoms with Crippen LogP contribution in [0.2, 0.25) is 0 Å². The van der Waals surface area contributed by atoms with Gasteiger partial charge in [-0.15, -0.1) is 0 Å². The van der Waals surface area contributed by atoms with Crippen LogP contribution in [0.1, 0.15) is 19.4 Å². The van der Waals surface area contributed by atoms with E-state index in [2.05, 4.69) is 10.6 Å². The summed E-state index contributed by atoms with van der Waals surface area (Å²) in [5, 5.41) is 16.1. The Balaban J connectivity index is 2.07. The molecule has 27 heavy (non-hydrogen) atoms. The molecule has 1 unspecified atom stereocenters. The summed E-state index contributed by atoms with van der Waals surface area (Å²) >= 11 is 0. The molecule has 0 aromatic heterocycles. The maximum Gasteiger partial charge on any atom is 0.405 e. The van der Waals surface area contributed by atoms with Crippen molar-refractivity contribution in [3.8, 4) is 0 Å². The van der Waals surface area contributed by atoms with Gasteiger partial charge in [0.05, 0.1) is 10.3 Å². The van der Waals surface area contributed by atoms with Gasteiger partial charge in [-0.05, 0) is 19.4 Å². The second kappa shape index (κ2) is 8.22. The van der Waals surface area contributed by atoms with Crippen molar-refractivity contribution in [2.75, 3.05) is 32.7 Å². The summed E-state index contributed by atoms with van der Waals surface area (Å²) in [6, 6.07) is 3.66. The van der Waals surface area contributed by atoms with E-state index in [1.165, 1.54) is 29.2 Å². The highest BCUT2D eigenvalue weighted by Gasteiger charge is 2.44. The molecule has 10 heteroatoms. The van der Waals surface area contributed by atoms with Crippen LogP contribution in [-0.4, -0.2) is 60.7 Å². The highest BCUT2D eigenvalue weighted by atomic mass is 19.4. The number of hydrogen-bond acceptors (Lipinski definition) is 5. The van der Waals surface area contributed by atoms with Crippen LogP contribution >= 0.6 is 0 Å². The predicted octanol–water partition coefficient (Wildman–Crippen LogP) is 1.82. The minimum Gasteiger partial charge on any atom is -0.353 e. The summed E-state index contributed by atoms with van der Waals surface area (Å²) in [5.41, 5.74) is -0.767. The fourth-order valence-corrected chi connectivity index (χ4v) is 2.99. The molecular formula is C17H23F3N4O3. The number of hydrogen-bond donors (Lipinski definition) is 2. The van der Waals surface area contributed by atoms with E-state index in [9.17, 15) is 28.1 Å². The van der Waals surface area contributed by atoms with E-state index in [-0.39, 0.29) is 18.8 Å². The zero-order valence-electron chi connectivity index (χ0n) is 15.2. The van der Waals surface area contributed by atoms with Crippen LogP contribution in [0.4, 0.5) is 18.9 Å². The Morgan fingerprint density at radius 1 is 1.26 bits per heavy atom. The van der Waals surface area contributed by atoms with E-state index < -0.39 is 35.0 Å². The average Bonchev–Trinajstić information content (AvgIpc) is 2.61. The molecule has 150 valence electrons. The van der Waals surface area contributed by atoms with Gasteiger partial charge in [0.25, 0.3) is 5.69 Å². The van der Waals surface area contributed by atoms with Gasteiger partial charge in [0, 0.05) is 44.9 Å². The molecule has 1 amide bonds. The first-order chi connectivity index (χ1) is 12.5. The van der Waals surface area contributed by atoms with Crippen molar-refractivity contribution in [1.29, 1.82) is 0 Å². The second-order valence-electron chi connectivity index (χ2n) is 6.98. The molecule has 0 aliphatic carbocycles. The van der Waals surface area contributed by atoms with Crippen LogP contribution in [0.3, 0.4) is 0 Å². The largest absolute Gasteiger partial charge is 0.405 e. The SMILES string of the molecule is CC(C)(C(=O)NCC(N1CCNCC1)C(F)(F)F)c1ccc([N+](=O)[O-])cc1. The molecular weight excluding hydrogens is 365 g/mol. The van der Waals surface area contributed by atoms with Gasteiger partial charge >= 0.3 is 6.18 Å². The van der Waals surface area contributed by atoms with Crippen molar-refractivity contribution in [3.63, 3.8) is 0 Å². The number of alkyl halides is 3. The average molecular weight is 388 g/mol. The molecule has 1 aliphatic rings. The third-order valence-electron chi connectivity index (χ3n) is 4.79. The first-order valence-electron chi connectivity index (χ1n) is 8.58. The van der Waals surface area contributed by atoms with Crippen molar-refractivity contribution in [2.24, 2.45) is 0 Å². The second-order valence-corrected chi connectivity index (χ2v) is 6.98. The number of non-ortho nitro benzene ring substituents is 1. The number of halogens is 3. The van der Waals surface area contributed by atoms with E-state index in [1.807, 2.05) is 0 Å². The van der Waals surface area contributed by atoms with Crippen molar-refractivity contribution < 1.29 is 22.9 Å². The lowest BCUT2D eigenvalue weighted by Crippen LogP contribution is -2.58. The molecule has 1 atom stereocenters. The molecule has 0 spiro atoms. The van der Waals surface area contributed by atoms with Crippen molar-refractivity contribution in [3.05, 3.63) is 39.9 Å². The maximum atomic E-state index is 13.4. The molecule has 1 aromatic carbocycles. The van der Waals surface area contributed by atoms with Gasteiger partial charge in [-0.3, -0.25) is 19.8 Å². The van der Waals surface area contributed by atoms with Gasteiger partial charge in [0.1, 0.15) is 6.04 Å². The van der Waals surface area contributed by atoms with E-state index in [0.717, 1.165) is 0 Å². The number of nitrogens with zero attached hydrogens (tertiary/aromatic N) is 2. The number of rotatable bonds is 6. The number of benzene rings is 1. The van der Waals surface area contributed by atoms with E-state index in [4.69, 9.17) is 0 Å². The maximum absolute atomic E-state index is 13.4. The summed E-state index contributed by atoms with van der Waals surface area (Å²) in [6.45, 7) is 4.04. The molecule has 1 saturated heterocycles. The Morgan fingerprint density at radius 2 is 1.81 bits per heavy atom. The van der Waals surface area contributed by atoms with Gasteiger partial charge in [-0.1, -0.05) is 12.1 Å². The molecule has 0 saturated carbocycles. The number of nitrogens with one attached hydrogen (secondary N) is 2. The van der Waals surface area contributed by atoms with Gasteiger partial charge in [0.15, 0.2) is 0 Å². The fraction of sp³-hybridized carbons (Fsp3) is 0.588.